The molecule has 0 saturated heterocycles. The maximum atomic E-state index is 13.5. The highest BCUT2D eigenvalue weighted by atomic mass is 32.2. The number of aryl methyl sites for hydroxylation is 1. The van der Waals surface area contributed by atoms with E-state index in [-0.39, 0.29) is 34.7 Å². The molecule has 0 aliphatic carbocycles. The molecule has 0 saturated carbocycles. The van der Waals surface area contributed by atoms with E-state index in [1.807, 2.05) is 20.8 Å². The Morgan fingerprint density at radius 3 is 2.48 bits per heavy atom. The molecular weight excluding hydrogens is 295 g/mol. The number of nitrogens with two attached hydrogens (primary N) is 1. The van der Waals surface area contributed by atoms with Crippen molar-refractivity contribution in [3.8, 4) is 0 Å². The van der Waals surface area contributed by atoms with Crippen LogP contribution in [0, 0.1) is 18.7 Å². The van der Waals surface area contributed by atoms with Gasteiger partial charge in [0.1, 0.15) is 5.82 Å². The summed E-state index contributed by atoms with van der Waals surface area (Å²) in [7, 11) is -3.77. The highest BCUT2D eigenvalue weighted by molar-refractivity contribution is 7.89. The monoisotopic (exact) mass is 318 g/mol. The average Bonchev–Trinajstić information content (AvgIpc) is 2.39. The van der Waals surface area contributed by atoms with Gasteiger partial charge in [0.15, 0.2) is 0 Å². The Bertz CT molecular complexity index is 565. The summed E-state index contributed by atoms with van der Waals surface area (Å²) in [6, 6.07) is 2.04. The lowest BCUT2D eigenvalue weighted by Crippen LogP contribution is -2.41. The molecule has 0 aliphatic rings. The number of nitrogen functional groups attached to an aromatic ring is 1. The van der Waals surface area contributed by atoms with Gasteiger partial charge in [-0.25, -0.2) is 17.5 Å². The molecule has 1 unspecified atom stereocenters. The van der Waals surface area contributed by atoms with E-state index in [0.29, 0.717) is 6.61 Å². The van der Waals surface area contributed by atoms with Crippen LogP contribution in [0.3, 0.4) is 0 Å². The number of rotatable bonds is 7. The molecule has 0 fully saturated rings. The van der Waals surface area contributed by atoms with Crippen molar-refractivity contribution in [2.45, 2.75) is 38.6 Å². The molecule has 21 heavy (non-hydrogen) atoms. The highest BCUT2D eigenvalue weighted by Crippen LogP contribution is 2.21. The fourth-order valence-electron chi connectivity index (χ4n) is 1.79. The van der Waals surface area contributed by atoms with Crippen LogP contribution in [0.5, 0.6) is 0 Å². The number of anilines is 1. The summed E-state index contributed by atoms with van der Waals surface area (Å²) < 4.78 is 46.1. The van der Waals surface area contributed by atoms with Crippen molar-refractivity contribution in [3.05, 3.63) is 23.5 Å². The molecule has 1 atom stereocenters. The third kappa shape index (κ3) is 4.66. The van der Waals surface area contributed by atoms with Crippen LogP contribution in [0.25, 0.3) is 0 Å². The molecule has 7 heteroatoms. The molecule has 0 aromatic heterocycles. The van der Waals surface area contributed by atoms with E-state index in [4.69, 9.17) is 10.5 Å². The minimum Gasteiger partial charge on any atom is -0.396 e. The SMILES string of the molecule is CCOCC(NS(=O)(=O)c1cc(C)c(F)c(N)c1)C(C)C. The summed E-state index contributed by atoms with van der Waals surface area (Å²) in [4.78, 5) is -0.0407. The van der Waals surface area contributed by atoms with Gasteiger partial charge in [0.25, 0.3) is 0 Å². The predicted octanol–water partition coefficient (Wildman–Crippen LogP) is 2.06. The second kappa shape index (κ2) is 7.20. The van der Waals surface area contributed by atoms with E-state index in [9.17, 15) is 12.8 Å². The highest BCUT2D eigenvalue weighted by Gasteiger charge is 2.24. The summed E-state index contributed by atoms with van der Waals surface area (Å²) in [5, 5.41) is 0. The van der Waals surface area contributed by atoms with Crippen LogP contribution >= 0.6 is 0 Å². The first kappa shape index (κ1) is 17.9. The average molecular weight is 318 g/mol. The smallest absolute Gasteiger partial charge is 0.240 e. The normalized spacial score (nSPS) is 13.6. The zero-order valence-corrected chi connectivity index (χ0v) is 13.6. The Morgan fingerprint density at radius 1 is 1.38 bits per heavy atom. The molecule has 0 aliphatic heterocycles. The summed E-state index contributed by atoms with van der Waals surface area (Å²) in [6.45, 7) is 7.91. The van der Waals surface area contributed by atoms with Gasteiger partial charge >= 0.3 is 0 Å². The number of ether oxygens (including phenoxy) is 1. The Balaban J connectivity index is 3.04. The van der Waals surface area contributed by atoms with Crippen LogP contribution in [0.15, 0.2) is 17.0 Å². The van der Waals surface area contributed by atoms with Gasteiger partial charge in [-0.15, -0.1) is 0 Å². The van der Waals surface area contributed by atoms with Gasteiger partial charge in [-0.3, -0.25) is 0 Å². The number of benzene rings is 1. The van der Waals surface area contributed by atoms with Gasteiger partial charge in [0, 0.05) is 12.6 Å². The Hall–Kier alpha value is -1.18. The molecule has 0 bridgehead atoms. The Kier molecular flexibility index (Phi) is 6.12. The fourth-order valence-corrected chi connectivity index (χ4v) is 3.28. The van der Waals surface area contributed by atoms with Crippen molar-refractivity contribution in [1.82, 2.24) is 4.72 Å². The number of hydrogen-bond donors (Lipinski definition) is 2. The lowest BCUT2D eigenvalue weighted by Gasteiger charge is -2.22. The molecule has 120 valence electrons. The summed E-state index contributed by atoms with van der Waals surface area (Å²) >= 11 is 0. The Morgan fingerprint density at radius 2 is 2.00 bits per heavy atom. The summed E-state index contributed by atoms with van der Waals surface area (Å²) in [5.74, 6) is -0.533. The first-order chi connectivity index (χ1) is 9.69. The zero-order valence-electron chi connectivity index (χ0n) is 12.8. The van der Waals surface area contributed by atoms with Crippen molar-refractivity contribution in [2.75, 3.05) is 18.9 Å². The first-order valence-electron chi connectivity index (χ1n) is 6.84. The Labute approximate surface area is 125 Å². The van der Waals surface area contributed by atoms with Crippen molar-refractivity contribution < 1.29 is 17.5 Å². The van der Waals surface area contributed by atoms with E-state index in [0.717, 1.165) is 6.07 Å². The third-order valence-electron chi connectivity index (χ3n) is 3.18. The van der Waals surface area contributed by atoms with Crippen LogP contribution in [0.4, 0.5) is 10.1 Å². The van der Waals surface area contributed by atoms with E-state index in [1.54, 1.807) is 0 Å². The lowest BCUT2D eigenvalue weighted by atomic mass is 10.1. The standard InChI is InChI=1S/C14H23FN2O3S/c1-5-20-8-13(9(2)3)17-21(18,19)11-6-10(4)14(15)12(16)7-11/h6-7,9,13,17H,5,8,16H2,1-4H3. The van der Waals surface area contributed by atoms with Crippen molar-refractivity contribution in [3.63, 3.8) is 0 Å². The van der Waals surface area contributed by atoms with Gasteiger partial charge in [0.2, 0.25) is 10.0 Å². The van der Waals surface area contributed by atoms with Gasteiger partial charge < -0.3 is 10.5 Å². The van der Waals surface area contributed by atoms with Crippen LogP contribution in [-0.4, -0.2) is 27.7 Å². The van der Waals surface area contributed by atoms with Crippen LogP contribution in [-0.2, 0) is 14.8 Å². The molecule has 0 amide bonds. The summed E-state index contributed by atoms with van der Waals surface area (Å²) in [5.41, 5.74) is 5.51. The van der Waals surface area contributed by atoms with Gasteiger partial charge in [-0.05, 0) is 37.5 Å². The molecule has 1 aromatic rings. The van der Waals surface area contributed by atoms with E-state index in [2.05, 4.69) is 4.72 Å². The predicted molar refractivity (Wildman–Crippen MR) is 81.0 cm³/mol. The molecule has 1 aromatic carbocycles. The summed E-state index contributed by atoms with van der Waals surface area (Å²) in [6.07, 6.45) is 0. The second-order valence-corrected chi connectivity index (χ2v) is 6.99. The lowest BCUT2D eigenvalue weighted by molar-refractivity contribution is 0.116. The van der Waals surface area contributed by atoms with E-state index < -0.39 is 15.8 Å². The van der Waals surface area contributed by atoms with Crippen LogP contribution in [0.2, 0.25) is 0 Å². The topological polar surface area (TPSA) is 81.4 Å². The number of nitrogens with one attached hydrogen (secondary N) is 1. The fraction of sp³-hybridized carbons (Fsp3) is 0.571. The van der Waals surface area contributed by atoms with Crippen molar-refractivity contribution in [1.29, 1.82) is 0 Å². The quantitative estimate of drug-likeness (QED) is 0.754. The number of hydrogen-bond acceptors (Lipinski definition) is 4. The zero-order chi connectivity index (χ0) is 16.2. The minimum absolute atomic E-state index is 0.0407. The number of halogens is 1. The molecule has 5 nitrogen and oxygen atoms in total. The minimum atomic E-state index is -3.77. The molecule has 3 N–H and O–H groups in total. The van der Waals surface area contributed by atoms with Crippen molar-refractivity contribution in [2.24, 2.45) is 5.92 Å². The van der Waals surface area contributed by atoms with Crippen LogP contribution < -0.4 is 10.5 Å². The third-order valence-corrected chi connectivity index (χ3v) is 4.65. The molecule has 0 spiro atoms. The molecule has 0 heterocycles. The maximum absolute atomic E-state index is 13.5. The van der Waals surface area contributed by atoms with Crippen molar-refractivity contribution >= 4 is 15.7 Å². The first-order valence-corrected chi connectivity index (χ1v) is 8.33. The van der Waals surface area contributed by atoms with Crippen LogP contribution in [0.1, 0.15) is 26.3 Å². The van der Waals surface area contributed by atoms with E-state index >= 15 is 0 Å². The molecule has 0 radical (unpaired) electrons. The van der Waals surface area contributed by atoms with Gasteiger partial charge in [0.05, 0.1) is 17.2 Å². The van der Waals surface area contributed by atoms with Gasteiger partial charge in [-0.1, -0.05) is 13.8 Å². The maximum Gasteiger partial charge on any atom is 0.240 e. The van der Waals surface area contributed by atoms with Gasteiger partial charge in [-0.2, -0.15) is 0 Å². The molecular formula is C14H23FN2O3S. The number of sulfonamides is 1. The van der Waals surface area contributed by atoms with E-state index in [1.165, 1.54) is 13.0 Å². The largest absolute Gasteiger partial charge is 0.396 e. The molecule has 1 rings (SSSR count). The second-order valence-electron chi connectivity index (χ2n) is 5.27.